The van der Waals surface area contributed by atoms with Gasteiger partial charge < -0.3 is 4.90 Å². The molecule has 2 heterocycles. The highest BCUT2D eigenvalue weighted by atomic mass is 79.9. The molecule has 19 heavy (non-hydrogen) atoms. The standard InChI is InChI=1S/C15H17BrClNO/c16-11-8-12-5-6-13(9-11)18(12)15(19)7-10-3-1-2-4-14(10)17/h1-4,11-13H,5-9H2. The van der Waals surface area contributed by atoms with Gasteiger partial charge in [0.15, 0.2) is 0 Å². The molecule has 2 nitrogen and oxygen atoms in total. The highest BCUT2D eigenvalue weighted by Gasteiger charge is 2.42. The van der Waals surface area contributed by atoms with E-state index >= 15 is 0 Å². The summed E-state index contributed by atoms with van der Waals surface area (Å²) in [6, 6.07) is 8.49. The molecule has 2 atom stereocenters. The Bertz CT molecular complexity index is 479. The van der Waals surface area contributed by atoms with Crippen molar-refractivity contribution in [2.24, 2.45) is 0 Å². The molecule has 0 aliphatic carbocycles. The van der Waals surface area contributed by atoms with Crippen molar-refractivity contribution in [2.45, 2.75) is 49.0 Å². The average molecular weight is 343 g/mol. The molecule has 2 bridgehead atoms. The van der Waals surface area contributed by atoms with Gasteiger partial charge in [-0.2, -0.15) is 0 Å². The third-order valence-corrected chi connectivity index (χ3v) is 5.38. The van der Waals surface area contributed by atoms with Gasteiger partial charge in [-0.1, -0.05) is 45.7 Å². The van der Waals surface area contributed by atoms with Crippen molar-refractivity contribution in [1.29, 1.82) is 0 Å². The van der Waals surface area contributed by atoms with E-state index < -0.39 is 0 Å². The molecule has 3 rings (SSSR count). The number of rotatable bonds is 2. The molecule has 2 fully saturated rings. The number of nitrogens with zero attached hydrogens (tertiary/aromatic N) is 1. The van der Waals surface area contributed by atoms with Crippen LogP contribution in [0.15, 0.2) is 24.3 Å². The van der Waals surface area contributed by atoms with Gasteiger partial charge in [0.2, 0.25) is 5.91 Å². The Morgan fingerprint density at radius 3 is 2.53 bits per heavy atom. The number of hydrogen-bond acceptors (Lipinski definition) is 1. The smallest absolute Gasteiger partial charge is 0.227 e. The lowest BCUT2D eigenvalue weighted by atomic mass is 10.0. The number of amides is 1. The lowest BCUT2D eigenvalue weighted by Gasteiger charge is -2.37. The molecule has 4 heteroatoms. The Labute approximate surface area is 127 Å². The van der Waals surface area contributed by atoms with Crippen LogP contribution in [-0.2, 0) is 11.2 Å². The van der Waals surface area contributed by atoms with Gasteiger partial charge in [-0.05, 0) is 37.3 Å². The van der Waals surface area contributed by atoms with Crippen LogP contribution in [0, 0.1) is 0 Å². The second-order valence-corrected chi connectivity index (χ2v) is 7.23. The molecule has 1 aromatic rings. The molecule has 1 aromatic carbocycles. The first kappa shape index (κ1) is 13.4. The largest absolute Gasteiger partial charge is 0.336 e. The van der Waals surface area contributed by atoms with Crippen LogP contribution in [0.4, 0.5) is 0 Å². The van der Waals surface area contributed by atoms with Crippen LogP contribution in [0.5, 0.6) is 0 Å². The summed E-state index contributed by atoms with van der Waals surface area (Å²) in [5.74, 6) is 0.236. The Kier molecular flexibility index (Phi) is 3.86. The van der Waals surface area contributed by atoms with Crippen LogP contribution >= 0.6 is 27.5 Å². The zero-order valence-corrected chi connectivity index (χ0v) is 13.0. The molecule has 2 aliphatic heterocycles. The SMILES string of the molecule is O=C(Cc1ccccc1Cl)N1C2CCC1CC(Br)C2. The second kappa shape index (κ2) is 5.45. The predicted molar refractivity (Wildman–Crippen MR) is 80.8 cm³/mol. The van der Waals surface area contributed by atoms with E-state index in [1.807, 2.05) is 24.3 Å². The minimum absolute atomic E-state index is 0.236. The maximum absolute atomic E-state index is 12.5. The molecule has 0 aromatic heterocycles. The number of piperidine rings is 1. The molecule has 0 saturated carbocycles. The van der Waals surface area contributed by atoms with Gasteiger partial charge in [-0.15, -0.1) is 0 Å². The van der Waals surface area contributed by atoms with Gasteiger partial charge in [0.25, 0.3) is 0 Å². The predicted octanol–water partition coefficient (Wildman–Crippen LogP) is 3.80. The molecule has 0 radical (unpaired) electrons. The fourth-order valence-corrected chi connectivity index (χ4v) is 4.48. The van der Waals surface area contributed by atoms with E-state index in [1.165, 1.54) is 0 Å². The minimum Gasteiger partial charge on any atom is -0.336 e. The monoisotopic (exact) mass is 341 g/mol. The minimum atomic E-state index is 0.236. The number of alkyl halides is 1. The molecule has 0 spiro atoms. The molecule has 2 aliphatic rings. The first-order chi connectivity index (χ1) is 9.15. The Balaban J connectivity index is 1.73. The summed E-state index contributed by atoms with van der Waals surface area (Å²) in [5.41, 5.74) is 0.939. The second-order valence-electron chi connectivity index (χ2n) is 5.52. The van der Waals surface area contributed by atoms with Crippen molar-refractivity contribution in [3.8, 4) is 0 Å². The normalized spacial score (nSPS) is 29.6. The van der Waals surface area contributed by atoms with Gasteiger partial charge in [0.05, 0.1) is 6.42 Å². The summed E-state index contributed by atoms with van der Waals surface area (Å²) >= 11 is 9.85. The number of carbonyl (C=O) groups excluding carboxylic acids is 1. The Hall–Kier alpha value is -0.540. The summed E-state index contributed by atoms with van der Waals surface area (Å²) in [5, 5.41) is 0.693. The fourth-order valence-electron chi connectivity index (χ4n) is 3.41. The van der Waals surface area contributed by atoms with Crippen LogP contribution in [0.2, 0.25) is 5.02 Å². The Morgan fingerprint density at radius 1 is 1.26 bits per heavy atom. The summed E-state index contributed by atoms with van der Waals surface area (Å²) < 4.78 is 0. The van der Waals surface area contributed by atoms with Crippen molar-refractivity contribution in [2.75, 3.05) is 0 Å². The zero-order chi connectivity index (χ0) is 13.4. The van der Waals surface area contributed by atoms with Crippen molar-refractivity contribution < 1.29 is 4.79 Å². The summed E-state index contributed by atoms with van der Waals surface area (Å²) in [4.78, 5) is 15.2. The van der Waals surface area contributed by atoms with E-state index in [4.69, 9.17) is 11.6 Å². The van der Waals surface area contributed by atoms with Gasteiger partial charge in [0, 0.05) is 21.9 Å². The first-order valence-electron chi connectivity index (χ1n) is 6.84. The van der Waals surface area contributed by atoms with Gasteiger partial charge in [0.1, 0.15) is 0 Å². The highest BCUT2D eigenvalue weighted by molar-refractivity contribution is 9.09. The van der Waals surface area contributed by atoms with Crippen LogP contribution in [0.1, 0.15) is 31.2 Å². The summed E-state index contributed by atoms with van der Waals surface area (Å²) in [6.07, 6.45) is 4.91. The third kappa shape index (κ3) is 2.68. The Morgan fingerprint density at radius 2 is 1.89 bits per heavy atom. The lowest BCUT2D eigenvalue weighted by molar-refractivity contribution is -0.134. The topological polar surface area (TPSA) is 20.3 Å². The average Bonchev–Trinajstić information content (AvgIpc) is 2.65. The number of fused-ring (bicyclic) bond motifs is 2. The first-order valence-corrected chi connectivity index (χ1v) is 8.13. The van der Waals surface area contributed by atoms with Crippen LogP contribution < -0.4 is 0 Å². The molecular weight excluding hydrogens is 326 g/mol. The molecule has 0 N–H and O–H groups in total. The summed E-state index contributed by atoms with van der Waals surface area (Å²) in [7, 11) is 0. The van der Waals surface area contributed by atoms with E-state index in [1.54, 1.807) is 0 Å². The van der Waals surface area contributed by atoms with E-state index in [0.29, 0.717) is 28.4 Å². The molecule has 2 saturated heterocycles. The highest BCUT2D eigenvalue weighted by Crippen LogP contribution is 2.38. The van der Waals surface area contributed by atoms with Gasteiger partial charge in [-0.3, -0.25) is 4.79 Å². The van der Waals surface area contributed by atoms with Crippen molar-refractivity contribution >= 4 is 33.4 Å². The maximum Gasteiger partial charge on any atom is 0.227 e. The van der Waals surface area contributed by atoms with Crippen molar-refractivity contribution in [3.63, 3.8) is 0 Å². The summed E-state index contributed by atoms with van der Waals surface area (Å²) in [6.45, 7) is 0. The third-order valence-electron chi connectivity index (χ3n) is 4.26. The number of halogens is 2. The van der Waals surface area contributed by atoms with E-state index in [9.17, 15) is 4.79 Å². The van der Waals surface area contributed by atoms with E-state index in [2.05, 4.69) is 20.8 Å². The molecular formula is C15H17BrClNO. The fraction of sp³-hybridized carbons (Fsp3) is 0.533. The molecule has 2 unspecified atom stereocenters. The van der Waals surface area contributed by atoms with E-state index in [-0.39, 0.29) is 5.91 Å². The van der Waals surface area contributed by atoms with Crippen LogP contribution in [0.3, 0.4) is 0 Å². The number of hydrogen-bond donors (Lipinski definition) is 0. The van der Waals surface area contributed by atoms with Crippen LogP contribution in [0.25, 0.3) is 0 Å². The van der Waals surface area contributed by atoms with E-state index in [0.717, 1.165) is 31.2 Å². The zero-order valence-electron chi connectivity index (χ0n) is 10.7. The number of benzene rings is 1. The van der Waals surface area contributed by atoms with Gasteiger partial charge >= 0.3 is 0 Å². The van der Waals surface area contributed by atoms with Crippen LogP contribution in [-0.4, -0.2) is 27.7 Å². The van der Waals surface area contributed by atoms with Crippen molar-refractivity contribution in [1.82, 2.24) is 4.90 Å². The quantitative estimate of drug-likeness (QED) is 0.749. The molecule has 102 valence electrons. The lowest BCUT2D eigenvalue weighted by Crippen LogP contribution is -2.47. The number of carbonyl (C=O) groups is 1. The maximum atomic E-state index is 12.5. The molecule has 1 amide bonds. The van der Waals surface area contributed by atoms with Crippen molar-refractivity contribution in [3.05, 3.63) is 34.9 Å². The van der Waals surface area contributed by atoms with Gasteiger partial charge in [-0.25, -0.2) is 0 Å².